The molecule has 0 bridgehead atoms. The smallest absolute Gasteiger partial charge is 0.253 e. The van der Waals surface area contributed by atoms with Gasteiger partial charge in [-0.25, -0.2) is 13.4 Å². The van der Waals surface area contributed by atoms with Gasteiger partial charge in [0.15, 0.2) is 0 Å². The molecule has 9 heteroatoms. The predicted octanol–water partition coefficient (Wildman–Crippen LogP) is 2.31. The Balaban J connectivity index is 1.51. The van der Waals surface area contributed by atoms with Crippen molar-refractivity contribution in [2.45, 2.75) is 4.90 Å². The Morgan fingerprint density at radius 2 is 1.89 bits per heavy atom. The van der Waals surface area contributed by atoms with Crippen LogP contribution in [0.15, 0.2) is 53.7 Å². The molecule has 1 N–H and O–H groups in total. The number of halogens is 1. The second-order valence-corrected chi connectivity index (χ2v) is 9.41. The summed E-state index contributed by atoms with van der Waals surface area (Å²) in [5.74, 6) is -0.0677. The van der Waals surface area contributed by atoms with Crippen LogP contribution in [0.5, 0.6) is 0 Å². The highest BCUT2D eigenvalue weighted by Gasteiger charge is 2.32. The van der Waals surface area contributed by atoms with Gasteiger partial charge in [0.1, 0.15) is 10.5 Å². The molecular weight excluding hydrogens is 479 g/mol. The standard InChI is InChI=1S/C18H17IN4O3S/c19-14-4-1-3-13(11-14)18(24)22-7-9-23(10-8-22)27(25,26)16-12-21-17-15(16)5-2-6-20-17/h1-6,11-12H,7-10H2,(H,20,21). The summed E-state index contributed by atoms with van der Waals surface area (Å²) < 4.78 is 28.5. The largest absolute Gasteiger partial charge is 0.345 e. The summed E-state index contributed by atoms with van der Waals surface area (Å²) in [6, 6.07) is 10.9. The van der Waals surface area contributed by atoms with Gasteiger partial charge in [-0.05, 0) is 52.9 Å². The Morgan fingerprint density at radius 3 is 2.63 bits per heavy atom. The average Bonchev–Trinajstić information content (AvgIpc) is 3.12. The van der Waals surface area contributed by atoms with Gasteiger partial charge in [-0.15, -0.1) is 0 Å². The van der Waals surface area contributed by atoms with Crippen LogP contribution in [0.25, 0.3) is 11.0 Å². The van der Waals surface area contributed by atoms with Crippen LogP contribution in [0.2, 0.25) is 0 Å². The molecule has 0 spiro atoms. The molecule has 1 saturated heterocycles. The molecule has 2 aromatic heterocycles. The third kappa shape index (κ3) is 3.46. The molecule has 140 valence electrons. The van der Waals surface area contributed by atoms with Crippen molar-refractivity contribution in [1.29, 1.82) is 0 Å². The third-order valence-corrected chi connectivity index (χ3v) is 7.24. The van der Waals surface area contributed by atoms with Crippen LogP contribution in [0.4, 0.5) is 0 Å². The van der Waals surface area contributed by atoms with Crippen LogP contribution in [-0.4, -0.2) is 59.7 Å². The molecule has 0 unspecified atom stereocenters. The number of H-pyrrole nitrogens is 1. The molecule has 1 fully saturated rings. The molecule has 0 atom stereocenters. The quantitative estimate of drug-likeness (QED) is 0.565. The molecular formula is C18H17IN4O3S. The zero-order valence-corrected chi connectivity index (χ0v) is 17.3. The Hall–Kier alpha value is -1.98. The number of aromatic amines is 1. The first-order valence-electron chi connectivity index (χ1n) is 8.44. The summed E-state index contributed by atoms with van der Waals surface area (Å²) in [4.78, 5) is 21.6. The second kappa shape index (κ2) is 7.21. The summed E-state index contributed by atoms with van der Waals surface area (Å²) >= 11 is 2.17. The molecule has 3 heterocycles. The number of carbonyl (C=O) groups excluding carboxylic acids is 1. The lowest BCUT2D eigenvalue weighted by molar-refractivity contribution is 0.0698. The fourth-order valence-corrected chi connectivity index (χ4v) is 5.33. The average molecular weight is 496 g/mol. The van der Waals surface area contributed by atoms with E-state index >= 15 is 0 Å². The minimum absolute atomic E-state index is 0.0677. The molecule has 0 aliphatic carbocycles. The number of benzene rings is 1. The Morgan fingerprint density at radius 1 is 1.11 bits per heavy atom. The van der Waals surface area contributed by atoms with E-state index in [9.17, 15) is 13.2 Å². The maximum absolute atomic E-state index is 13.0. The minimum Gasteiger partial charge on any atom is -0.345 e. The number of sulfonamides is 1. The SMILES string of the molecule is O=C(c1cccc(I)c1)N1CCN(S(=O)(=O)c2c[nH]c3ncccc23)CC1. The van der Waals surface area contributed by atoms with E-state index in [1.54, 1.807) is 29.3 Å². The number of nitrogens with zero attached hydrogens (tertiary/aromatic N) is 3. The zero-order chi connectivity index (χ0) is 19.0. The third-order valence-electron chi connectivity index (χ3n) is 4.63. The highest BCUT2D eigenvalue weighted by atomic mass is 127. The van der Waals surface area contributed by atoms with Gasteiger partial charge in [-0.3, -0.25) is 4.79 Å². The number of rotatable bonds is 3. The second-order valence-electron chi connectivity index (χ2n) is 6.26. The van der Waals surface area contributed by atoms with Crippen LogP contribution >= 0.6 is 22.6 Å². The van der Waals surface area contributed by atoms with Gasteiger partial charge in [-0.2, -0.15) is 4.31 Å². The van der Waals surface area contributed by atoms with Gasteiger partial charge in [0.05, 0.1) is 0 Å². The maximum Gasteiger partial charge on any atom is 0.253 e. The normalized spacial score (nSPS) is 16.0. The summed E-state index contributed by atoms with van der Waals surface area (Å²) in [6.45, 7) is 1.27. The Bertz CT molecular complexity index is 1100. The van der Waals surface area contributed by atoms with E-state index in [1.807, 2.05) is 18.2 Å². The molecule has 1 aromatic carbocycles. The zero-order valence-electron chi connectivity index (χ0n) is 14.3. The first kappa shape index (κ1) is 18.4. The fourth-order valence-electron chi connectivity index (χ4n) is 3.22. The topological polar surface area (TPSA) is 86.4 Å². The lowest BCUT2D eigenvalue weighted by Crippen LogP contribution is -2.50. The number of pyridine rings is 1. The Labute approximate surface area is 170 Å². The van der Waals surface area contributed by atoms with E-state index in [1.165, 1.54) is 10.5 Å². The van der Waals surface area contributed by atoms with Crippen molar-refractivity contribution in [3.8, 4) is 0 Å². The number of fused-ring (bicyclic) bond motifs is 1. The molecule has 0 saturated carbocycles. The van der Waals surface area contributed by atoms with Gasteiger partial charge in [-0.1, -0.05) is 6.07 Å². The number of carbonyl (C=O) groups is 1. The van der Waals surface area contributed by atoms with Crippen molar-refractivity contribution in [1.82, 2.24) is 19.2 Å². The molecule has 0 radical (unpaired) electrons. The molecule has 3 aromatic rings. The predicted molar refractivity (Wildman–Crippen MR) is 110 cm³/mol. The molecule has 4 rings (SSSR count). The minimum atomic E-state index is -3.64. The lowest BCUT2D eigenvalue weighted by Gasteiger charge is -2.34. The van der Waals surface area contributed by atoms with Crippen LogP contribution in [-0.2, 0) is 10.0 Å². The van der Waals surface area contributed by atoms with Crippen molar-refractivity contribution in [2.75, 3.05) is 26.2 Å². The van der Waals surface area contributed by atoms with Gasteiger partial charge in [0, 0.05) is 53.1 Å². The van der Waals surface area contributed by atoms with Gasteiger partial charge >= 0.3 is 0 Å². The number of nitrogens with one attached hydrogen (secondary N) is 1. The number of aromatic nitrogens is 2. The maximum atomic E-state index is 13.0. The van der Waals surface area contributed by atoms with E-state index in [0.29, 0.717) is 29.7 Å². The highest BCUT2D eigenvalue weighted by Crippen LogP contribution is 2.25. The van der Waals surface area contributed by atoms with Crippen LogP contribution in [0.3, 0.4) is 0 Å². The van der Waals surface area contributed by atoms with Gasteiger partial charge < -0.3 is 9.88 Å². The first-order chi connectivity index (χ1) is 13.0. The molecule has 1 aliphatic rings. The number of piperazine rings is 1. The van der Waals surface area contributed by atoms with Crippen molar-refractivity contribution in [2.24, 2.45) is 0 Å². The molecule has 1 aliphatic heterocycles. The molecule has 7 nitrogen and oxygen atoms in total. The number of hydrogen-bond donors (Lipinski definition) is 1. The van der Waals surface area contributed by atoms with Crippen molar-refractivity contribution >= 4 is 49.6 Å². The monoisotopic (exact) mass is 496 g/mol. The fraction of sp³-hybridized carbons (Fsp3) is 0.222. The highest BCUT2D eigenvalue weighted by molar-refractivity contribution is 14.1. The van der Waals surface area contributed by atoms with E-state index in [4.69, 9.17) is 0 Å². The molecule has 1 amide bonds. The summed E-state index contributed by atoms with van der Waals surface area (Å²) in [6.07, 6.45) is 3.10. The lowest BCUT2D eigenvalue weighted by atomic mass is 10.2. The van der Waals surface area contributed by atoms with Crippen molar-refractivity contribution in [3.63, 3.8) is 0 Å². The van der Waals surface area contributed by atoms with Crippen molar-refractivity contribution in [3.05, 3.63) is 57.9 Å². The van der Waals surface area contributed by atoms with E-state index in [2.05, 4.69) is 32.6 Å². The first-order valence-corrected chi connectivity index (χ1v) is 11.0. The Kier molecular flexibility index (Phi) is 4.91. The van der Waals surface area contributed by atoms with Gasteiger partial charge in [0.25, 0.3) is 5.91 Å². The summed E-state index contributed by atoms with van der Waals surface area (Å²) in [5, 5.41) is 0.579. The number of hydrogen-bond acceptors (Lipinski definition) is 4. The van der Waals surface area contributed by atoms with Crippen LogP contribution in [0, 0.1) is 3.57 Å². The van der Waals surface area contributed by atoms with Crippen molar-refractivity contribution < 1.29 is 13.2 Å². The van der Waals surface area contributed by atoms with Crippen LogP contribution < -0.4 is 0 Å². The number of amides is 1. The summed E-state index contributed by atoms with van der Waals surface area (Å²) in [7, 11) is -3.64. The van der Waals surface area contributed by atoms with Gasteiger partial charge in [0.2, 0.25) is 10.0 Å². The van der Waals surface area contributed by atoms with E-state index in [0.717, 1.165) is 3.57 Å². The van der Waals surface area contributed by atoms with E-state index < -0.39 is 10.0 Å². The summed E-state index contributed by atoms with van der Waals surface area (Å²) in [5.41, 5.74) is 1.17. The van der Waals surface area contributed by atoms with E-state index in [-0.39, 0.29) is 23.9 Å². The van der Waals surface area contributed by atoms with Crippen LogP contribution in [0.1, 0.15) is 10.4 Å². The molecule has 27 heavy (non-hydrogen) atoms.